The second kappa shape index (κ2) is 7.42. The molecule has 21 heavy (non-hydrogen) atoms. The van der Waals surface area contributed by atoms with Crippen molar-refractivity contribution in [2.75, 3.05) is 35.2 Å². The van der Waals surface area contributed by atoms with Crippen LogP contribution in [0.3, 0.4) is 0 Å². The topological polar surface area (TPSA) is 66.0 Å². The minimum absolute atomic E-state index is 0.550. The molecule has 2 aromatic rings. The van der Waals surface area contributed by atoms with Gasteiger partial charge in [-0.05, 0) is 32.9 Å². The van der Waals surface area contributed by atoms with Crippen molar-refractivity contribution in [3.63, 3.8) is 0 Å². The first-order chi connectivity index (χ1) is 10.3. The van der Waals surface area contributed by atoms with E-state index in [9.17, 15) is 0 Å². The van der Waals surface area contributed by atoms with Crippen LogP contribution in [0.5, 0.6) is 0 Å². The Hall–Kier alpha value is -2.37. The van der Waals surface area contributed by atoms with Crippen LogP contribution in [-0.4, -0.2) is 34.6 Å². The summed E-state index contributed by atoms with van der Waals surface area (Å²) in [6, 6.07) is 9.88. The van der Waals surface area contributed by atoms with Crippen LogP contribution in [0.25, 0.3) is 0 Å². The van der Waals surface area contributed by atoms with Crippen LogP contribution < -0.4 is 15.5 Å². The van der Waals surface area contributed by atoms with E-state index in [-0.39, 0.29) is 0 Å². The van der Waals surface area contributed by atoms with Gasteiger partial charge in [0.05, 0.1) is 0 Å². The van der Waals surface area contributed by atoms with Gasteiger partial charge in [0, 0.05) is 25.3 Å². The second-order valence-electron chi connectivity index (χ2n) is 4.48. The summed E-state index contributed by atoms with van der Waals surface area (Å²) in [5.74, 6) is 1.83. The number of aromatic nitrogens is 3. The molecule has 0 atom stereocenters. The molecule has 0 unspecified atom stereocenters. The fourth-order valence-corrected chi connectivity index (χ4v) is 1.96. The molecule has 1 heterocycles. The van der Waals surface area contributed by atoms with Gasteiger partial charge in [-0.3, -0.25) is 0 Å². The number of hydrogen-bond donors (Lipinski definition) is 2. The molecule has 0 radical (unpaired) electrons. The normalized spacial score (nSPS) is 10.2. The zero-order valence-corrected chi connectivity index (χ0v) is 12.8. The molecule has 0 saturated carbocycles. The summed E-state index contributed by atoms with van der Waals surface area (Å²) in [6.45, 7) is 8.68. The van der Waals surface area contributed by atoms with Gasteiger partial charge in [0.15, 0.2) is 0 Å². The van der Waals surface area contributed by atoms with Gasteiger partial charge in [-0.2, -0.15) is 15.0 Å². The first kappa shape index (κ1) is 15.0. The fraction of sp³-hybridized carbons (Fsp3) is 0.400. The third-order valence-corrected chi connectivity index (χ3v) is 3.03. The molecule has 2 rings (SSSR count). The van der Waals surface area contributed by atoms with Gasteiger partial charge in [-0.25, -0.2) is 0 Å². The summed E-state index contributed by atoms with van der Waals surface area (Å²) in [5, 5.41) is 6.37. The van der Waals surface area contributed by atoms with Crippen molar-refractivity contribution in [2.24, 2.45) is 0 Å². The Morgan fingerprint density at radius 2 is 1.57 bits per heavy atom. The fourth-order valence-electron chi connectivity index (χ4n) is 1.96. The van der Waals surface area contributed by atoms with E-state index in [2.05, 4.69) is 44.3 Å². The lowest BCUT2D eigenvalue weighted by molar-refractivity contribution is 0.814. The lowest BCUT2D eigenvalue weighted by atomic mass is 10.3. The number of nitrogens with one attached hydrogen (secondary N) is 2. The molecule has 2 N–H and O–H groups in total. The van der Waals surface area contributed by atoms with Crippen LogP contribution in [0.4, 0.5) is 23.5 Å². The smallest absolute Gasteiger partial charge is 0.233 e. The summed E-state index contributed by atoms with van der Waals surface area (Å²) in [7, 11) is 0. The van der Waals surface area contributed by atoms with E-state index in [1.807, 2.05) is 37.3 Å². The molecule has 1 aromatic carbocycles. The Kier molecular flexibility index (Phi) is 5.31. The van der Waals surface area contributed by atoms with Gasteiger partial charge in [0.1, 0.15) is 0 Å². The van der Waals surface area contributed by atoms with E-state index in [1.165, 1.54) is 0 Å². The average molecular weight is 286 g/mol. The molecule has 0 aliphatic carbocycles. The Morgan fingerprint density at radius 1 is 0.905 bits per heavy atom. The SMILES string of the molecule is CCNc1nc(Nc2ccccc2)nc(N(CC)CC)n1. The summed E-state index contributed by atoms with van der Waals surface area (Å²) < 4.78 is 0. The largest absolute Gasteiger partial charge is 0.354 e. The Balaban J connectivity index is 2.30. The molecule has 0 aliphatic rings. The van der Waals surface area contributed by atoms with Gasteiger partial charge in [-0.1, -0.05) is 18.2 Å². The minimum Gasteiger partial charge on any atom is -0.354 e. The van der Waals surface area contributed by atoms with Crippen molar-refractivity contribution in [1.29, 1.82) is 0 Å². The van der Waals surface area contributed by atoms with E-state index in [4.69, 9.17) is 0 Å². The molecule has 0 bridgehead atoms. The Bertz CT molecular complexity index is 553. The van der Waals surface area contributed by atoms with E-state index in [0.717, 1.165) is 25.3 Å². The second-order valence-corrected chi connectivity index (χ2v) is 4.48. The lowest BCUT2D eigenvalue weighted by Crippen LogP contribution is -2.25. The maximum atomic E-state index is 4.51. The van der Waals surface area contributed by atoms with Crippen LogP contribution in [0, 0.1) is 0 Å². The summed E-state index contributed by atoms with van der Waals surface area (Å²) in [6.07, 6.45) is 0. The Labute approximate surface area is 125 Å². The van der Waals surface area contributed by atoms with Crippen LogP contribution >= 0.6 is 0 Å². The van der Waals surface area contributed by atoms with Gasteiger partial charge in [0.25, 0.3) is 0 Å². The van der Waals surface area contributed by atoms with Crippen molar-refractivity contribution in [2.45, 2.75) is 20.8 Å². The summed E-state index contributed by atoms with van der Waals surface area (Å²) in [4.78, 5) is 15.5. The monoisotopic (exact) mass is 286 g/mol. The quantitative estimate of drug-likeness (QED) is 0.816. The molecular weight excluding hydrogens is 264 g/mol. The van der Waals surface area contributed by atoms with Crippen LogP contribution in [-0.2, 0) is 0 Å². The number of anilines is 4. The molecule has 0 amide bonds. The first-order valence-corrected chi connectivity index (χ1v) is 7.33. The first-order valence-electron chi connectivity index (χ1n) is 7.33. The molecule has 6 nitrogen and oxygen atoms in total. The van der Waals surface area contributed by atoms with Crippen LogP contribution in [0.2, 0.25) is 0 Å². The van der Waals surface area contributed by atoms with E-state index >= 15 is 0 Å². The number of rotatable bonds is 7. The highest BCUT2D eigenvalue weighted by molar-refractivity contribution is 5.55. The molecule has 112 valence electrons. The van der Waals surface area contributed by atoms with Gasteiger partial charge in [0.2, 0.25) is 17.8 Å². The lowest BCUT2D eigenvalue weighted by Gasteiger charge is -2.19. The van der Waals surface area contributed by atoms with Crippen molar-refractivity contribution in [1.82, 2.24) is 15.0 Å². The molecule has 0 saturated heterocycles. The van der Waals surface area contributed by atoms with E-state index < -0.39 is 0 Å². The zero-order valence-electron chi connectivity index (χ0n) is 12.8. The number of para-hydroxylation sites is 1. The molecule has 0 fully saturated rings. The number of nitrogens with zero attached hydrogens (tertiary/aromatic N) is 4. The predicted molar refractivity (Wildman–Crippen MR) is 87.3 cm³/mol. The third-order valence-electron chi connectivity index (χ3n) is 3.03. The number of benzene rings is 1. The highest BCUT2D eigenvalue weighted by atomic mass is 15.3. The van der Waals surface area contributed by atoms with E-state index in [1.54, 1.807) is 0 Å². The van der Waals surface area contributed by atoms with Crippen molar-refractivity contribution in [3.8, 4) is 0 Å². The third kappa shape index (κ3) is 4.05. The van der Waals surface area contributed by atoms with Gasteiger partial charge < -0.3 is 15.5 Å². The van der Waals surface area contributed by atoms with Crippen molar-refractivity contribution in [3.05, 3.63) is 30.3 Å². The standard InChI is InChI=1S/C15H22N6/c1-4-16-13-18-14(17-12-10-8-7-9-11-12)20-15(19-13)21(5-2)6-3/h7-11H,4-6H2,1-3H3,(H2,16,17,18,19,20). The van der Waals surface area contributed by atoms with Crippen molar-refractivity contribution < 1.29 is 0 Å². The van der Waals surface area contributed by atoms with Crippen molar-refractivity contribution >= 4 is 23.5 Å². The van der Waals surface area contributed by atoms with E-state index in [0.29, 0.717) is 17.8 Å². The maximum Gasteiger partial charge on any atom is 0.233 e. The van der Waals surface area contributed by atoms with Gasteiger partial charge >= 0.3 is 0 Å². The predicted octanol–water partition coefficient (Wildman–Crippen LogP) is 2.89. The number of hydrogen-bond acceptors (Lipinski definition) is 6. The molecule has 6 heteroatoms. The highest BCUT2D eigenvalue weighted by Crippen LogP contribution is 2.17. The zero-order chi connectivity index (χ0) is 15.1. The molecular formula is C15H22N6. The average Bonchev–Trinajstić information content (AvgIpc) is 2.50. The van der Waals surface area contributed by atoms with Gasteiger partial charge in [-0.15, -0.1) is 0 Å². The van der Waals surface area contributed by atoms with Crippen LogP contribution in [0.1, 0.15) is 20.8 Å². The maximum absolute atomic E-state index is 4.51. The molecule has 0 aliphatic heterocycles. The van der Waals surface area contributed by atoms with Crippen LogP contribution in [0.15, 0.2) is 30.3 Å². The Morgan fingerprint density at radius 3 is 2.19 bits per heavy atom. The molecule has 0 spiro atoms. The minimum atomic E-state index is 0.550. The molecule has 1 aromatic heterocycles. The summed E-state index contributed by atoms with van der Waals surface area (Å²) in [5.41, 5.74) is 0.955. The highest BCUT2D eigenvalue weighted by Gasteiger charge is 2.10. The summed E-state index contributed by atoms with van der Waals surface area (Å²) >= 11 is 0.